The first-order valence-electron chi connectivity index (χ1n) is 10.1. The third-order valence-electron chi connectivity index (χ3n) is 5.79. The molecule has 0 saturated carbocycles. The van der Waals surface area contributed by atoms with E-state index in [1.165, 1.54) is 59.6 Å². The number of thiophene rings is 1. The molecule has 3 heteroatoms. The van der Waals surface area contributed by atoms with Crippen LogP contribution in [0, 0.1) is 0 Å². The summed E-state index contributed by atoms with van der Waals surface area (Å²) in [6.45, 7) is 2.24. The minimum Gasteiger partial charge on any atom is -0.308 e. The second kappa shape index (κ2) is 6.43. The summed E-state index contributed by atoms with van der Waals surface area (Å²) in [7, 11) is 0. The summed E-state index contributed by atoms with van der Waals surface area (Å²) in [5.41, 5.74) is 5.19. The second-order valence-electron chi connectivity index (χ2n) is 7.58. The number of nitrogens with zero attached hydrogens (tertiary/aromatic N) is 2. The van der Waals surface area contributed by atoms with E-state index in [1.807, 2.05) is 23.7 Å². The van der Waals surface area contributed by atoms with E-state index >= 15 is 0 Å². The number of aryl methyl sites for hydroxylation is 1. The van der Waals surface area contributed by atoms with Crippen molar-refractivity contribution < 1.29 is 0 Å². The molecule has 6 aromatic rings. The van der Waals surface area contributed by atoms with Gasteiger partial charge < -0.3 is 4.57 Å². The van der Waals surface area contributed by atoms with Crippen LogP contribution in [0.15, 0.2) is 79.1 Å². The molecule has 140 valence electrons. The summed E-state index contributed by atoms with van der Waals surface area (Å²) in [6, 6.07) is 24.5. The van der Waals surface area contributed by atoms with Gasteiger partial charge >= 0.3 is 0 Å². The van der Waals surface area contributed by atoms with Gasteiger partial charge in [0, 0.05) is 38.6 Å². The van der Waals surface area contributed by atoms with Crippen LogP contribution >= 0.6 is 11.3 Å². The van der Waals surface area contributed by atoms with E-state index in [4.69, 9.17) is 0 Å². The van der Waals surface area contributed by atoms with Gasteiger partial charge in [0.15, 0.2) is 0 Å². The van der Waals surface area contributed by atoms with Crippen molar-refractivity contribution in [1.82, 2.24) is 9.55 Å². The molecule has 0 atom stereocenters. The molecular weight excluding hydrogens is 372 g/mol. The Morgan fingerprint density at radius 2 is 1.69 bits per heavy atom. The van der Waals surface area contributed by atoms with Gasteiger partial charge in [-0.2, -0.15) is 0 Å². The minimum atomic E-state index is 1.12. The van der Waals surface area contributed by atoms with Crippen LogP contribution in [-0.2, 0) is 6.42 Å². The van der Waals surface area contributed by atoms with Crippen molar-refractivity contribution in [1.29, 1.82) is 0 Å². The summed E-state index contributed by atoms with van der Waals surface area (Å²) in [5, 5.41) is 5.18. The molecule has 0 fully saturated rings. The lowest BCUT2D eigenvalue weighted by Gasteiger charge is -2.09. The molecule has 3 heterocycles. The van der Waals surface area contributed by atoms with Crippen molar-refractivity contribution in [3.63, 3.8) is 0 Å². The normalized spacial score (nSPS) is 11.9. The van der Waals surface area contributed by atoms with Crippen molar-refractivity contribution in [2.75, 3.05) is 0 Å². The predicted octanol–water partition coefficient (Wildman–Crippen LogP) is 7.50. The third-order valence-corrected chi connectivity index (χ3v) is 7.00. The Labute approximate surface area is 173 Å². The minimum absolute atomic E-state index is 1.12. The van der Waals surface area contributed by atoms with Gasteiger partial charge in [0.25, 0.3) is 0 Å². The van der Waals surface area contributed by atoms with E-state index in [9.17, 15) is 0 Å². The van der Waals surface area contributed by atoms with Crippen molar-refractivity contribution in [2.24, 2.45) is 0 Å². The number of pyridine rings is 1. The van der Waals surface area contributed by atoms with Crippen LogP contribution in [0.2, 0.25) is 0 Å². The predicted molar refractivity (Wildman–Crippen MR) is 125 cm³/mol. The first-order chi connectivity index (χ1) is 14.3. The molecule has 0 spiro atoms. The molecule has 0 bridgehead atoms. The highest BCUT2D eigenvalue weighted by molar-refractivity contribution is 7.26. The van der Waals surface area contributed by atoms with Gasteiger partial charge in [-0.3, -0.25) is 4.98 Å². The maximum atomic E-state index is 4.35. The monoisotopic (exact) mass is 392 g/mol. The molecule has 0 unspecified atom stereocenters. The van der Waals surface area contributed by atoms with E-state index in [0.29, 0.717) is 0 Å². The zero-order chi connectivity index (χ0) is 19.4. The fourth-order valence-corrected chi connectivity index (χ4v) is 5.70. The van der Waals surface area contributed by atoms with E-state index in [0.717, 1.165) is 6.42 Å². The van der Waals surface area contributed by atoms with E-state index in [-0.39, 0.29) is 0 Å². The number of fused-ring (bicyclic) bond motifs is 6. The first-order valence-corrected chi connectivity index (χ1v) is 10.9. The molecule has 0 aliphatic rings. The lowest BCUT2D eigenvalue weighted by Crippen LogP contribution is -1.94. The van der Waals surface area contributed by atoms with Crippen LogP contribution in [0.25, 0.3) is 47.7 Å². The Kier molecular flexibility index (Phi) is 3.71. The summed E-state index contributed by atoms with van der Waals surface area (Å²) in [5.74, 6) is 0. The maximum absolute atomic E-state index is 4.35. The number of hydrogen-bond acceptors (Lipinski definition) is 2. The lowest BCUT2D eigenvalue weighted by molar-refractivity contribution is 0.923. The van der Waals surface area contributed by atoms with Crippen LogP contribution in [0.3, 0.4) is 0 Å². The smallest absolute Gasteiger partial charge is 0.0640 e. The highest BCUT2D eigenvalue weighted by atomic mass is 32.1. The first kappa shape index (κ1) is 16.8. The zero-order valence-electron chi connectivity index (χ0n) is 16.2. The van der Waals surface area contributed by atoms with Crippen LogP contribution in [-0.4, -0.2) is 9.55 Å². The highest BCUT2D eigenvalue weighted by Gasteiger charge is 2.16. The molecule has 3 aromatic heterocycles. The molecule has 0 radical (unpaired) electrons. The Morgan fingerprint density at radius 1 is 0.828 bits per heavy atom. The molecular formula is C26H20N2S. The zero-order valence-corrected chi connectivity index (χ0v) is 17.0. The van der Waals surface area contributed by atoms with Gasteiger partial charge in [-0.1, -0.05) is 49.7 Å². The highest BCUT2D eigenvalue weighted by Crippen LogP contribution is 2.40. The molecule has 0 saturated heterocycles. The average Bonchev–Trinajstić information content (AvgIpc) is 3.30. The van der Waals surface area contributed by atoms with Crippen molar-refractivity contribution in [3.8, 4) is 5.69 Å². The van der Waals surface area contributed by atoms with Gasteiger partial charge in [-0.25, -0.2) is 0 Å². The largest absolute Gasteiger partial charge is 0.308 e. The van der Waals surface area contributed by atoms with Crippen LogP contribution < -0.4 is 0 Å². The maximum Gasteiger partial charge on any atom is 0.0640 e. The van der Waals surface area contributed by atoms with Crippen LogP contribution in [0.1, 0.15) is 18.9 Å². The van der Waals surface area contributed by atoms with Crippen LogP contribution in [0.4, 0.5) is 0 Å². The Hall–Kier alpha value is -3.17. The molecule has 29 heavy (non-hydrogen) atoms. The molecule has 2 nitrogen and oxygen atoms in total. The van der Waals surface area contributed by atoms with Gasteiger partial charge in [0.1, 0.15) is 0 Å². The summed E-state index contributed by atoms with van der Waals surface area (Å²) in [6.07, 6.45) is 6.15. The van der Waals surface area contributed by atoms with Gasteiger partial charge in [0.2, 0.25) is 0 Å². The number of para-hydroxylation sites is 1. The molecule has 6 rings (SSSR count). The average molecular weight is 393 g/mol. The van der Waals surface area contributed by atoms with E-state index < -0.39 is 0 Å². The third kappa shape index (κ3) is 2.44. The molecule has 3 aromatic carbocycles. The Bertz CT molecular complexity index is 1520. The van der Waals surface area contributed by atoms with Gasteiger partial charge in [-0.05, 0) is 42.3 Å². The standard InChI is InChI=1S/C26H20N2S/c1-2-6-17-11-12-23-20(15-17)18-7-3-4-9-22(18)28(23)24-10-5-8-19-21-16-27-14-13-25(21)29-26(19)24/h3-5,7-16H,2,6H2,1H3. The molecule has 0 aliphatic heterocycles. The fourth-order valence-electron chi connectivity index (χ4n) is 4.53. The van der Waals surface area contributed by atoms with Gasteiger partial charge in [0.05, 0.1) is 21.4 Å². The summed E-state index contributed by atoms with van der Waals surface area (Å²) >= 11 is 1.85. The molecule has 0 N–H and O–H groups in total. The van der Waals surface area contributed by atoms with Gasteiger partial charge in [-0.15, -0.1) is 11.3 Å². The number of aromatic nitrogens is 2. The fraction of sp³-hybridized carbons (Fsp3) is 0.115. The SMILES string of the molecule is CCCc1ccc2c(c1)c1ccccc1n2-c1cccc2c1sc1ccncc12. The van der Waals surface area contributed by atoms with Crippen molar-refractivity contribution in [3.05, 3.63) is 84.7 Å². The van der Waals surface area contributed by atoms with Crippen molar-refractivity contribution >= 4 is 53.3 Å². The second-order valence-corrected chi connectivity index (χ2v) is 8.63. The summed E-state index contributed by atoms with van der Waals surface area (Å²) < 4.78 is 5.04. The number of rotatable bonds is 3. The van der Waals surface area contributed by atoms with E-state index in [2.05, 4.69) is 83.2 Å². The lowest BCUT2D eigenvalue weighted by atomic mass is 10.1. The Morgan fingerprint density at radius 3 is 2.62 bits per heavy atom. The Balaban J connectivity index is 1.75. The molecule has 0 aliphatic carbocycles. The topological polar surface area (TPSA) is 17.8 Å². The summed E-state index contributed by atoms with van der Waals surface area (Å²) in [4.78, 5) is 4.35. The molecule has 0 amide bonds. The van der Waals surface area contributed by atoms with Crippen molar-refractivity contribution in [2.45, 2.75) is 19.8 Å². The van der Waals surface area contributed by atoms with Crippen LogP contribution in [0.5, 0.6) is 0 Å². The van der Waals surface area contributed by atoms with E-state index in [1.54, 1.807) is 0 Å². The quantitative estimate of drug-likeness (QED) is 0.305. The number of hydrogen-bond donors (Lipinski definition) is 0. The number of benzene rings is 3.